The molecule has 0 aromatic rings. The molecule has 0 aromatic heterocycles. The van der Waals surface area contributed by atoms with Crippen LogP contribution in [0.2, 0.25) is 0 Å². The molecular formula is C28H52O4. The summed E-state index contributed by atoms with van der Waals surface area (Å²) in [6, 6.07) is 0. The molecule has 0 bridgehead atoms. The Kier molecular flexibility index (Phi) is 24.9. The second-order valence-corrected chi connectivity index (χ2v) is 9.06. The van der Waals surface area contributed by atoms with Gasteiger partial charge in [0.2, 0.25) is 0 Å². The number of methoxy groups -OCH3 is 2. The molecule has 0 aliphatic heterocycles. The molecule has 0 amide bonds. The van der Waals surface area contributed by atoms with E-state index in [1.54, 1.807) is 0 Å². The molecule has 0 N–H and O–H groups in total. The van der Waals surface area contributed by atoms with Crippen molar-refractivity contribution in [1.29, 1.82) is 0 Å². The topological polar surface area (TPSA) is 52.6 Å². The van der Waals surface area contributed by atoms with Gasteiger partial charge in [-0.15, -0.1) is 0 Å². The molecule has 0 saturated carbocycles. The van der Waals surface area contributed by atoms with Gasteiger partial charge in [0.05, 0.1) is 14.2 Å². The number of hydrogen-bond acceptors (Lipinski definition) is 4. The van der Waals surface area contributed by atoms with Crippen LogP contribution in [0, 0.1) is 0 Å². The fraction of sp³-hybridized carbons (Fsp3) is 0.857. The van der Waals surface area contributed by atoms with Gasteiger partial charge in [0, 0.05) is 12.8 Å². The van der Waals surface area contributed by atoms with Crippen LogP contribution in [0.1, 0.15) is 141 Å². The lowest BCUT2D eigenvalue weighted by molar-refractivity contribution is -0.141. The number of hydrogen-bond donors (Lipinski definition) is 0. The predicted molar refractivity (Wildman–Crippen MR) is 135 cm³/mol. The number of esters is 2. The molecule has 188 valence electrons. The van der Waals surface area contributed by atoms with Gasteiger partial charge in [-0.3, -0.25) is 9.59 Å². The Morgan fingerprint density at radius 2 is 0.688 bits per heavy atom. The molecule has 0 atom stereocenters. The highest BCUT2D eigenvalue weighted by Crippen LogP contribution is 2.13. The van der Waals surface area contributed by atoms with E-state index in [1.807, 2.05) is 0 Å². The van der Waals surface area contributed by atoms with Crippen molar-refractivity contribution in [3.05, 3.63) is 12.2 Å². The fourth-order valence-electron chi connectivity index (χ4n) is 3.98. The van der Waals surface area contributed by atoms with Gasteiger partial charge < -0.3 is 9.47 Å². The van der Waals surface area contributed by atoms with Crippen LogP contribution in [0.3, 0.4) is 0 Å². The number of allylic oxidation sites excluding steroid dienone is 2. The van der Waals surface area contributed by atoms with Gasteiger partial charge in [-0.25, -0.2) is 0 Å². The zero-order valence-electron chi connectivity index (χ0n) is 21.3. The van der Waals surface area contributed by atoms with Crippen molar-refractivity contribution in [2.75, 3.05) is 14.2 Å². The van der Waals surface area contributed by atoms with E-state index in [0.29, 0.717) is 12.8 Å². The second kappa shape index (κ2) is 25.9. The van der Waals surface area contributed by atoms with E-state index < -0.39 is 0 Å². The summed E-state index contributed by atoms with van der Waals surface area (Å²) in [5.74, 6) is -0.154. The first-order valence-corrected chi connectivity index (χ1v) is 13.5. The van der Waals surface area contributed by atoms with Gasteiger partial charge in [-0.2, -0.15) is 0 Å². The summed E-state index contributed by atoms with van der Waals surface area (Å²) >= 11 is 0. The van der Waals surface area contributed by atoms with Crippen molar-refractivity contribution in [3.8, 4) is 0 Å². The minimum absolute atomic E-state index is 0.0768. The summed E-state index contributed by atoms with van der Waals surface area (Å²) in [6.45, 7) is 0. The third-order valence-corrected chi connectivity index (χ3v) is 6.13. The Balaban J connectivity index is 3.13. The first kappa shape index (κ1) is 30.7. The molecule has 32 heavy (non-hydrogen) atoms. The molecule has 0 aliphatic carbocycles. The number of ether oxygens (including phenoxy) is 2. The standard InChI is InChI=1S/C28H52O4/c1-31-27(29)25-23-21-19-17-15-13-11-9-7-5-3-4-6-8-10-12-14-16-18-20-22-24-26-28(30)32-2/h3-4H,5-26H2,1-2H3. The predicted octanol–water partition coefficient (Wildman–Crippen LogP) is 8.47. The molecular weight excluding hydrogens is 400 g/mol. The molecule has 0 unspecified atom stereocenters. The van der Waals surface area contributed by atoms with Crippen LogP contribution in [-0.4, -0.2) is 26.2 Å². The summed E-state index contributed by atoms with van der Waals surface area (Å²) in [6.07, 6.45) is 31.2. The van der Waals surface area contributed by atoms with Crippen molar-refractivity contribution >= 4 is 11.9 Å². The summed E-state index contributed by atoms with van der Waals surface area (Å²) in [5, 5.41) is 0. The minimum Gasteiger partial charge on any atom is -0.469 e. The summed E-state index contributed by atoms with van der Waals surface area (Å²) in [4.78, 5) is 22.0. The van der Waals surface area contributed by atoms with Crippen LogP contribution >= 0.6 is 0 Å². The molecule has 0 aromatic carbocycles. The first-order chi connectivity index (χ1) is 15.7. The zero-order valence-corrected chi connectivity index (χ0v) is 21.3. The minimum atomic E-state index is -0.0768. The number of carbonyl (C=O) groups is 2. The van der Waals surface area contributed by atoms with Gasteiger partial charge in [0.1, 0.15) is 0 Å². The van der Waals surface area contributed by atoms with Gasteiger partial charge >= 0.3 is 11.9 Å². The van der Waals surface area contributed by atoms with E-state index in [9.17, 15) is 9.59 Å². The molecule has 4 heteroatoms. The number of rotatable bonds is 24. The van der Waals surface area contributed by atoms with E-state index >= 15 is 0 Å². The average molecular weight is 453 g/mol. The quantitative estimate of drug-likeness (QED) is 0.0837. The van der Waals surface area contributed by atoms with Crippen LogP contribution in [-0.2, 0) is 19.1 Å². The number of unbranched alkanes of at least 4 members (excludes halogenated alkanes) is 18. The van der Waals surface area contributed by atoms with E-state index in [0.717, 1.165) is 25.7 Å². The van der Waals surface area contributed by atoms with Crippen molar-refractivity contribution in [1.82, 2.24) is 0 Å². The van der Waals surface area contributed by atoms with Crippen molar-refractivity contribution in [2.24, 2.45) is 0 Å². The van der Waals surface area contributed by atoms with E-state index in [-0.39, 0.29) is 11.9 Å². The van der Waals surface area contributed by atoms with Crippen molar-refractivity contribution in [2.45, 2.75) is 141 Å². The van der Waals surface area contributed by atoms with Gasteiger partial charge in [-0.05, 0) is 38.5 Å². The maximum absolute atomic E-state index is 11.0. The molecule has 0 aliphatic rings. The van der Waals surface area contributed by atoms with E-state index in [4.69, 9.17) is 0 Å². The molecule has 0 rings (SSSR count). The number of carbonyl (C=O) groups excluding carboxylic acids is 2. The molecule has 4 nitrogen and oxygen atoms in total. The smallest absolute Gasteiger partial charge is 0.305 e. The maximum Gasteiger partial charge on any atom is 0.305 e. The largest absolute Gasteiger partial charge is 0.469 e. The highest BCUT2D eigenvalue weighted by Gasteiger charge is 2.00. The Morgan fingerprint density at radius 1 is 0.438 bits per heavy atom. The third kappa shape index (κ3) is 24.9. The highest BCUT2D eigenvalue weighted by atomic mass is 16.5. The summed E-state index contributed by atoms with van der Waals surface area (Å²) < 4.78 is 9.31. The van der Waals surface area contributed by atoms with Crippen LogP contribution in [0.15, 0.2) is 12.2 Å². The van der Waals surface area contributed by atoms with Gasteiger partial charge in [0.25, 0.3) is 0 Å². The zero-order chi connectivity index (χ0) is 23.5. The first-order valence-electron chi connectivity index (χ1n) is 13.5. The lowest BCUT2D eigenvalue weighted by Crippen LogP contribution is -1.99. The third-order valence-electron chi connectivity index (χ3n) is 6.13. The lowest BCUT2D eigenvalue weighted by Gasteiger charge is -2.02. The van der Waals surface area contributed by atoms with Crippen LogP contribution in [0.5, 0.6) is 0 Å². The molecule has 0 fully saturated rings. The maximum atomic E-state index is 11.0. The van der Waals surface area contributed by atoms with Gasteiger partial charge in [-0.1, -0.05) is 102 Å². The summed E-state index contributed by atoms with van der Waals surface area (Å²) in [7, 11) is 2.92. The molecule has 0 saturated heterocycles. The van der Waals surface area contributed by atoms with Crippen molar-refractivity contribution in [3.63, 3.8) is 0 Å². The normalized spacial score (nSPS) is 11.2. The Hall–Kier alpha value is -1.32. The van der Waals surface area contributed by atoms with Gasteiger partial charge in [0.15, 0.2) is 0 Å². The molecule has 0 radical (unpaired) electrons. The Morgan fingerprint density at radius 3 is 0.969 bits per heavy atom. The van der Waals surface area contributed by atoms with E-state index in [2.05, 4.69) is 21.6 Å². The SMILES string of the molecule is COC(=O)CCCCCCCCCCCC=CCCCCCCCCCCCC(=O)OC. The average Bonchev–Trinajstić information content (AvgIpc) is 2.81. The fourth-order valence-corrected chi connectivity index (χ4v) is 3.98. The summed E-state index contributed by atoms with van der Waals surface area (Å²) in [5.41, 5.74) is 0. The molecule has 0 heterocycles. The monoisotopic (exact) mass is 452 g/mol. The van der Waals surface area contributed by atoms with Crippen LogP contribution in [0.4, 0.5) is 0 Å². The van der Waals surface area contributed by atoms with Crippen LogP contribution in [0.25, 0.3) is 0 Å². The Bertz CT molecular complexity index is 405. The lowest BCUT2D eigenvalue weighted by atomic mass is 10.0. The highest BCUT2D eigenvalue weighted by molar-refractivity contribution is 5.69. The second-order valence-electron chi connectivity index (χ2n) is 9.06. The molecule has 0 spiro atoms. The van der Waals surface area contributed by atoms with Crippen LogP contribution < -0.4 is 0 Å². The van der Waals surface area contributed by atoms with E-state index in [1.165, 1.54) is 117 Å². The Labute approximate surface area is 198 Å². The van der Waals surface area contributed by atoms with Crippen molar-refractivity contribution < 1.29 is 19.1 Å².